The van der Waals surface area contributed by atoms with E-state index >= 15 is 0 Å². The summed E-state index contributed by atoms with van der Waals surface area (Å²) < 4.78 is 0. The van der Waals surface area contributed by atoms with E-state index in [0.29, 0.717) is 41.7 Å². The molecule has 0 aromatic heterocycles. The van der Waals surface area contributed by atoms with E-state index < -0.39 is 0 Å². The van der Waals surface area contributed by atoms with E-state index in [2.05, 4.69) is 5.32 Å². The number of anilines is 1. The molecule has 2 saturated heterocycles. The van der Waals surface area contributed by atoms with Crippen LogP contribution in [0.2, 0.25) is 5.02 Å². The van der Waals surface area contributed by atoms with Crippen molar-refractivity contribution in [3.8, 4) is 0 Å². The second kappa shape index (κ2) is 5.56. The summed E-state index contributed by atoms with van der Waals surface area (Å²) in [5.41, 5.74) is 6.70. The molecule has 0 saturated carbocycles. The van der Waals surface area contributed by atoms with Gasteiger partial charge in [0.15, 0.2) is 0 Å². The van der Waals surface area contributed by atoms with Gasteiger partial charge in [0, 0.05) is 25.6 Å². The zero-order valence-electron chi connectivity index (χ0n) is 11.6. The van der Waals surface area contributed by atoms with Crippen LogP contribution in [0, 0.1) is 5.92 Å². The van der Waals surface area contributed by atoms with Crippen molar-refractivity contribution in [3.05, 3.63) is 28.8 Å². The molecular formula is C15H18ClN3O2. The first-order valence-electron chi connectivity index (χ1n) is 7.19. The fraction of sp³-hybridized carbons (Fsp3) is 0.467. The number of halogens is 1. The largest absolute Gasteiger partial charge is 0.397 e. The maximum Gasteiger partial charge on any atom is 0.256 e. The molecule has 2 aliphatic heterocycles. The highest BCUT2D eigenvalue weighted by atomic mass is 35.5. The third-order valence-electron chi connectivity index (χ3n) is 4.39. The predicted molar refractivity (Wildman–Crippen MR) is 81.0 cm³/mol. The summed E-state index contributed by atoms with van der Waals surface area (Å²) in [6.07, 6.45) is 2.18. The Balaban J connectivity index is 1.75. The second-order valence-electron chi connectivity index (χ2n) is 5.71. The number of carbonyl (C=O) groups excluding carboxylic acids is 2. The lowest BCUT2D eigenvalue weighted by Gasteiger charge is -2.41. The molecule has 2 atom stereocenters. The molecule has 1 aromatic carbocycles. The quantitative estimate of drug-likeness (QED) is 0.775. The maximum atomic E-state index is 12.6. The first-order chi connectivity index (χ1) is 10.1. The predicted octanol–water partition coefficient (Wildman–Crippen LogP) is 1.66. The topological polar surface area (TPSA) is 75.4 Å². The van der Waals surface area contributed by atoms with E-state index in [1.54, 1.807) is 18.2 Å². The maximum absolute atomic E-state index is 12.6. The molecular weight excluding hydrogens is 290 g/mol. The van der Waals surface area contributed by atoms with Crippen molar-refractivity contribution < 1.29 is 9.59 Å². The van der Waals surface area contributed by atoms with Crippen molar-refractivity contribution in [1.29, 1.82) is 0 Å². The molecule has 0 spiro atoms. The average Bonchev–Trinajstić information content (AvgIpc) is 2.49. The van der Waals surface area contributed by atoms with E-state index in [9.17, 15) is 9.59 Å². The third-order valence-corrected chi connectivity index (χ3v) is 4.72. The van der Waals surface area contributed by atoms with Crippen LogP contribution < -0.4 is 11.1 Å². The lowest BCUT2D eigenvalue weighted by molar-refractivity contribution is -0.125. The average molecular weight is 308 g/mol. The smallest absolute Gasteiger partial charge is 0.256 e. The molecule has 0 radical (unpaired) electrons. The first kappa shape index (κ1) is 14.2. The van der Waals surface area contributed by atoms with Gasteiger partial charge in [0.05, 0.1) is 16.3 Å². The molecule has 2 amide bonds. The Labute approximate surface area is 128 Å². The summed E-state index contributed by atoms with van der Waals surface area (Å²) >= 11 is 5.98. The molecule has 2 heterocycles. The molecule has 2 unspecified atom stereocenters. The van der Waals surface area contributed by atoms with Crippen LogP contribution in [0.3, 0.4) is 0 Å². The Morgan fingerprint density at radius 3 is 3.00 bits per heavy atom. The van der Waals surface area contributed by atoms with Gasteiger partial charge in [0.25, 0.3) is 5.91 Å². The standard InChI is InChI=1S/C15H18ClN3O2/c16-11-3-1-2-10(14(11)17)15(21)19-7-6-12-9(8-19)4-5-13(20)18-12/h1-3,9,12H,4-8,17H2,(H,18,20). The Morgan fingerprint density at radius 1 is 1.38 bits per heavy atom. The minimum atomic E-state index is -0.0784. The molecule has 6 heteroatoms. The lowest BCUT2D eigenvalue weighted by atomic mass is 9.85. The molecule has 2 aliphatic rings. The Hall–Kier alpha value is -1.75. The molecule has 5 nitrogen and oxygen atoms in total. The number of hydrogen-bond acceptors (Lipinski definition) is 3. The van der Waals surface area contributed by atoms with E-state index in [0.717, 1.165) is 12.8 Å². The fourth-order valence-electron chi connectivity index (χ4n) is 3.19. The van der Waals surface area contributed by atoms with Crippen LogP contribution in [0.25, 0.3) is 0 Å². The fourth-order valence-corrected chi connectivity index (χ4v) is 3.36. The number of nitrogen functional groups attached to an aromatic ring is 1. The van der Waals surface area contributed by atoms with Crippen LogP contribution in [-0.4, -0.2) is 35.8 Å². The minimum absolute atomic E-state index is 0.0784. The lowest BCUT2D eigenvalue weighted by Crippen LogP contribution is -2.55. The molecule has 0 aliphatic carbocycles. The Kier molecular flexibility index (Phi) is 3.76. The van der Waals surface area contributed by atoms with Gasteiger partial charge >= 0.3 is 0 Å². The van der Waals surface area contributed by atoms with Crippen LogP contribution >= 0.6 is 11.6 Å². The highest BCUT2D eigenvalue weighted by molar-refractivity contribution is 6.33. The van der Waals surface area contributed by atoms with Crippen LogP contribution in [-0.2, 0) is 4.79 Å². The first-order valence-corrected chi connectivity index (χ1v) is 7.56. The number of piperidine rings is 2. The highest BCUT2D eigenvalue weighted by Crippen LogP contribution is 2.28. The number of fused-ring (bicyclic) bond motifs is 1. The van der Waals surface area contributed by atoms with Crippen molar-refractivity contribution in [2.45, 2.75) is 25.3 Å². The summed E-state index contributed by atoms with van der Waals surface area (Å²) in [6, 6.07) is 5.32. The summed E-state index contributed by atoms with van der Waals surface area (Å²) in [5, 5.41) is 3.42. The molecule has 2 fully saturated rings. The van der Waals surface area contributed by atoms with Crippen LogP contribution in [0.1, 0.15) is 29.6 Å². The van der Waals surface area contributed by atoms with Gasteiger partial charge in [-0.1, -0.05) is 17.7 Å². The summed E-state index contributed by atoms with van der Waals surface area (Å²) in [7, 11) is 0. The van der Waals surface area contributed by atoms with E-state index in [4.69, 9.17) is 17.3 Å². The van der Waals surface area contributed by atoms with Gasteiger partial charge in [-0.3, -0.25) is 9.59 Å². The van der Waals surface area contributed by atoms with Crippen LogP contribution in [0.15, 0.2) is 18.2 Å². The number of para-hydroxylation sites is 1. The van der Waals surface area contributed by atoms with Gasteiger partial charge < -0.3 is 16.0 Å². The van der Waals surface area contributed by atoms with Crippen molar-refractivity contribution in [3.63, 3.8) is 0 Å². The number of benzene rings is 1. The number of nitrogens with two attached hydrogens (primary N) is 1. The van der Waals surface area contributed by atoms with Crippen molar-refractivity contribution in [2.24, 2.45) is 5.92 Å². The van der Waals surface area contributed by atoms with Gasteiger partial charge in [0.2, 0.25) is 5.91 Å². The Bertz CT molecular complexity index is 590. The number of amides is 2. The number of nitrogens with zero attached hydrogens (tertiary/aromatic N) is 1. The summed E-state index contributed by atoms with van der Waals surface area (Å²) in [5.74, 6) is 0.376. The van der Waals surface area contributed by atoms with E-state index in [1.165, 1.54) is 0 Å². The molecule has 21 heavy (non-hydrogen) atoms. The second-order valence-corrected chi connectivity index (χ2v) is 6.12. The van der Waals surface area contributed by atoms with Gasteiger partial charge in [-0.05, 0) is 30.9 Å². The SMILES string of the molecule is Nc1c(Cl)cccc1C(=O)N1CCC2NC(=O)CCC2C1. The van der Waals surface area contributed by atoms with Crippen molar-refractivity contribution in [1.82, 2.24) is 10.2 Å². The molecule has 3 N–H and O–H groups in total. The Morgan fingerprint density at radius 2 is 2.19 bits per heavy atom. The number of carbonyl (C=O) groups is 2. The molecule has 1 aromatic rings. The monoisotopic (exact) mass is 307 g/mol. The molecule has 0 bridgehead atoms. The van der Waals surface area contributed by atoms with Crippen LogP contribution in [0.4, 0.5) is 5.69 Å². The summed E-state index contributed by atoms with van der Waals surface area (Å²) in [6.45, 7) is 1.29. The normalized spacial score (nSPS) is 25.2. The van der Waals surface area contributed by atoms with Gasteiger partial charge in [0.1, 0.15) is 0 Å². The molecule has 112 valence electrons. The molecule has 3 rings (SSSR count). The number of nitrogens with one attached hydrogen (secondary N) is 1. The van der Waals surface area contributed by atoms with Crippen LogP contribution in [0.5, 0.6) is 0 Å². The highest BCUT2D eigenvalue weighted by Gasteiger charge is 2.35. The summed E-state index contributed by atoms with van der Waals surface area (Å²) in [4.78, 5) is 25.8. The number of likely N-dealkylation sites (tertiary alicyclic amines) is 1. The van der Waals surface area contributed by atoms with E-state index in [1.807, 2.05) is 4.90 Å². The number of rotatable bonds is 1. The van der Waals surface area contributed by atoms with Gasteiger partial charge in [-0.15, -0.1) is 0 Å². The minimum Gasteiger partial charge on any atom is -0.397 e. The van der Waals surface area contributed by atoms with E-state index in [-0.39, 0.29) is 17.9 Å². The zero-order chi connectivity index (χ0) is 15.0. The van der Waals surface area contributed by atoms with Crippen molar-refractivity contribution >= 4 is 29.1 Å². The van der Waals surface area contributed by atoms with Crippen molar-refractivity contribution in [2.75, 3.05) is 18.8 Å². The van der Waals surface area contributed by atoms with Gasteiger partial charge in [-0.2, -0.15) is 0 Å². The number of hydrogen-bond donors (Lipinski definition) is 2. The van der Waals surface area contributed by atoms with Gasteiger partial charge in [-0.25, -0.2) is 0 Å². The zero-order valence-corrected chi connectivity index (χ0v) is 12.4. The third kappa shape index (κ3) is 2.70.